The fraction of sp³-hybridized carbons (Fsp3) is 0.917. The summed E-state index contributed by atoms with van der Waals surface area (Å²) >= 11 is 0. The Balaban J connectivity index is 1.71. The molecule has 16 heavy (non-hydrogen) atoms. The van der Waals surface area contributed by atoms with Crippen molar-refractivity contribution in [2.45, 2.75) is 38.7 Å². The SMILES string of the molecule is CCC1OCCC1CNC(=O)N1CCCC1. The zero-order valence-electron chi connectivity index (χ0n) is 10.1. The van der Waals surface area contributed by atoms with Crippen LogP contribution in [0.5, 0.6) is 0 Å². The first-order chi connectivity index (χ1) is 7.81. The van der Waals surface area contributed by atoms with Crippen LogP contribution in [0, 0.1) is 5.92 Å². The molecule has 0 aromatic heterocycles. The van der Waals surface area contributed by atoms with Crippen LogP contribution < -0.4 is 5.32 Å². The number of nitrogens with one attached hydrogen (secondary N) is 1. The zero-order valence-corrected chi connectivity index (χ0v) is 10.1. The fourth-order valence-electron chi connectivity index (χ4n) is 2.63. The second-order valence-electron chi connectivity index (χ2n) is 4.75. The Morgan fingerprint density at radius 1 is 1.44 bits per heavy atom. The number of hydrogen-bond acceptors (Lipinski definition) is 2. The highest BCUT2D eigenvalue weighted by Gasteiger charge is 2.27. The van der Waals surface area contributed by atoms with Crippen LogP contribution >= 0.6 is 0 Å². The van der Waals surface area contributed by atoms with Gasteiger partial charge in [-0.05, 0) is 25.7 Å². The first kappa shape index (κ1) is 11.7. The van der Waals surface area contributed by atoms with Crippen LogP contribution in [0.1, 0.15) is 32.6 Å². The van der Waals surface area contributed by atoms with Gasteiger partial charge in [0.25, 0.3) is 0 Å². The summed E-state index contributed by atoms with van der Waals surface area (Å²) in [5.74, 6) is 0.511. The second kappa shape index (κ2) is 5.53. The number of likely N-dealkylation sites (tertiary alicyclic amines) is 1. The van der Waals surface area contributed by atoms with Crippen LogP contribution in [0.4, 0.5) is 4.79 Å². The van der Waals surface area contributed by atoms with E-state index < -0.39 is 0 Å². The molecule has 4 nitrogen and oxygen atoms in total. The van der Waals surface area contributed by atoms with Crippen molar-refractivity contribution in [1.29, 1.82) is 0 Å². The molecule has 4 heteroatoms. The minimum absolute atomic E-state index is 0.110. The number of carbonyl (C=O) groups is 1. The van der Waals surface area contributed by atoms with E-state index in [-0.39, 0.29) is 6.03 Å². The standard InChI is InChI=1S/C12H22N2O2/c1-2-11-10(5-8-16-11)9-13-12(15)14-6-3-4-7-14/h10-11H,2-9H2,1H3,(H,13,15). The van der Waals surface area contributed by atoms with E-state index in [1.165, 1.54) is 0 Å². The molecule has 92 valence electrons. The molecule has 2 aliphatic rings. The van der Waals surface area contributed by atoms with Crippen LogP contribution in [-0.4, -0.2) is 43.3 Å². The number of ether oxygens (including phenoxy) is 1. The van der Waals surface area contributed by atoms with Crippen molar-refractivity contribution >= 4 is 6.03 Å². The fourth-order valence-corrected chi connectivity index (χ4v) is 2.63. The Hall–Kier alpha value is -0.770. The second-order valence-corrected chi connectivity index (χ2v) is 4.75. The molecule has 0 aliphatic carbocycles. The highest BCUT2D eigenvalue weighted by atomic mass is 16.5. The predicted molar refractivity (Wildman–Crippen MR) is 62.3 cm³/mol. The average molecular weight is 226 g/mol. The van der Waals surface area contributed by atoms with Gasteiger partial charge in [-0.3, -0.25) is 0 Å². The molecule has 2 fully saturated rings. The summed E-state index contributed by atoms with van der Waals surface area (Å²) in [4.78, 5) is 13.7. The summed E-state index contributed by atoms with van der Waals surface area (Å²) in [7, 11) is 0. The van der Waals surface area contributed by atoms with Crippen molar-refractivity contribution in [2.75, 3.05) is 26.2 Å². The molecule has 0 saturated carbocycles. The molecule has 2 atom stereocenters. The van der Waals surface area contributed by atoms with E-state index >= 15 is 0 Å². The zero-order chi connectivity index (χ0) is 11.4. The molecule has 0 aromatic carbocycles. The third-order valence-electron chi connectivity index (χ3n) is 3.66. The van der Waals surface area contributed by atoms with Crippen molar-refractivity contribution in [2.24, 2.45) is 5.92 Å². The number of urea groups is 1. The molecule has 0 bridgehead atoms. The average Bonchev–Trinajstić information content (AvgIpc) is 2.96. The van der Waals surface area contributed by atoms with E-state index in [9.17, 15) is 4.79 Å². The lowest BCUT2D eigenvalue weighted by Gasteiger charge is -2.20. The van der Waals surface area contributed by atoms with Crippen LogP contribution in [-0.2, 0) is 4.74 Å². The van der Waals surface area contributed by atoms with Crippen LogP contribution in [0.2, 0.25) is 0 Å². The molecule has 2 unspecified atom stereocenters. The molecular weight excluding hydrogens is 204 g/mol. The van der Waals surface area contributed by atoms with Gasteiger partial charge < -0.3 is 15.0 Å². The third kappa shape index (κ3) is 2.67. The Bertz CT molecular complexity index is 239. The van der Waals surface area contributed by atoms with Crippen LogP contribution in [0.15, 0.2) is 0 Å². The number of carbonyl (C=O) groups excluding carboxylic acids is 1. The highest BCUT2D eigenvalue weighted by molar-refractivity contribution is 5.74. The van der Waals surface area contributed by atoms with E-state index in [2.05, 4.69) is 12.2 Å². The van der Waals surface area contributed by atoms with Gasteiger partial charge in [0.1, 0.15) is 0 Å². The quantitative estimate of drug-likeness (QED) is 0.794. The lowest BCUT2D eigenvalue weighted by molar-refractivity contribution is 0.0874. The van der Waals surface area contributed by atoms with Crippen molar-refractivity contribution in [1.82, 2.24) is 10.2 Å². The summed E-state index contributed by atoms with van der Waals surface area (Å²) < 4.78 is 5.61. The highest BCUT2D eigenvalue weighted by Crippen LogP contribution is 2.22. The first-order valence-corrected chi connectivity index (χ1v) is 6.45. The molecule has 2 heterocycles. The maximum atomic E-state index is 11.8. The Morgan fingerprint density at radius 3 is 2.88 bits per heavy atom. The summed E-state index contributed by atoms with van der Waals surface area (Å²) in [6, 6.07) is 0.110. The normalized spacial score (nSPS) is 29.7. The smallest absolute Gasteiger partial charge is 0.317 e. The summed E-state index contributed by atoms with van der Waals surface area (Å²) in [6.07, 6.45) is 4.77. The van der Waals surface area contributed by atoms with Gasteiger partial charge >= 0.3 is 6.03 Å². The number of nitrogens with zero attached hydrogens (tertiary/aromatic N) is 1. The predicted octanol–water partition coefficient (Wildman–Crippen LogP) is 1.61. The van der Waals surface area contributed by atoms with Crippen molar-refractivity contribution in [3.63, 3.8) is 0 Å². The number of hydrogen-bond donors (Lipinski definition) is 1. The summed E-state index contributed by atoms with van der Waals surface area (Å²) in [6.45, 7) is 5.61. The number of rotatable bonds is 3. The van der Waals surface area contributed by atoms with Crippen molar-refractivity contribution in [3.05, 3.63) is 0 Å². The Kier molecular flexibility index (Phi) is 4.04. The monoisotopic (exact) mass is 226 g/mol. The lowest BCUT2D eigenvalue weighted by Crippen LogP contribution is -2.41. The molecule has 0 radical (unpaired) electrons. The van der Waals surface area contributed by atoms with Crippen molar-refractivity contribution < 1.29 is 9.53 Å². The minimum atomic E-state index is 0.110. The molecule has 2 amide bonds. The molecule has 1 N–H and O–H groups in total. The van der Waals surface area contributed by atoms with Crippen LogP contribution in [0.3, 0.4) is 0 Å². The van der Waals surface area contributed by atoms with Gasteiger partial charge in [-0.15, -0.1) is 0 Å². The topological polar surface area (TPSA) is 41.6 Å². The number of amides is 2. The van der Waals surface area contributed by atoms with Gasteiger partial charge in [0, 0.05) is 32.2 Å². The molecule has 2 aliphatic heterocycles. The minimum Gasteiger partial charge on any atom is -0.378 e. The maximum Gasteiger partial charge on any atom is 0.317 e. The lowest BCUT2D eigenvalue weighted by atomic mass is 10.00. The largest absolute Gasteiger partial charge is 0.378 e. The van der Waals surface area contributed by atoms with E-state index in [1.807, 2.05) is 4.90 Å². The Labute approximate surface area is 97.3 Å². The van der Waals surface area contributed by atoms with Gasteiger partial charge in [0.15, 0.2) is 0 Å². The van der Waals surface area contributed by atoms with E-state index in [4.69, 9.17) is 4.74 Å². The van der Waals surface area contributed by atoms with Gasteiger partial charge in [0.05, 0.1) is 6.10 Å². The summed E-state index contributed by atoms with van der Waals surface area (Å²) in [5, 5.41) is 3.04. The molecule has 0 spiro atoms. The maximum absolute atomic E-state index is 11.8. The van der Waals surface area contributed by atoms with E-state index in [1.54, 1.807) is 0 Å². The summed E-state index contributed by atoms with van der Waals surface area (Å²) in [5.41, 5.74) is 0. The molecular formula is C12H22N2O2. The van der Waals surface area contributed by atoms with E-state index in [0.29, 0.717) is 12.0 Å². The van der Waals surface area contributed by atoms with Crippen molar-refractivity contribution in [3.8, 4) is 0 Å². The van der Waals surface area contributed by atoms with Gasteiger partial charge in [-0.25, -0.2) is 4.79 Å². The van der Waals surface area contributed by atoms with Gasteiger partial charge in [0.2, 0.25) is 0 Å². The third-order valence-corrected chi connectivity index (χ3v) is 3.66. The van der Waals surface area contributed by atoms with Gasteiger partial charge in [-0.1, -0.05) is 6.92 Å². The Morgan fingerprint density at radius 2 is 2.19 bits per heavy atom. The van der Waals surface area contributed by atoms with E-state index in [0.717, 1.165) is 51.9 Å². The molecule has 0 aromatic rings. The molecule has 2 saturated heterocycles. The van der Waals surface area contributed by atoms with Crippen LogP contribution in [0.25, 0.3) is 0 Å². The van der Waals surface area contributed by atoms with Gasteiger partial charge in [-0.2, -0.15) is 0 Å². The first-order valence-electron chi connectivity index (χ1n) is 6.45. The molecule has 2 rings (SSSR count).